The lowest BCUT2D eigenvalue weighted by Crippen LogP contribution is -2.19. The fourth-order valence-corrected chi connectivity index (χ4v) is 2.43. The lowest BCUT2D eigenvalue weighted by atomic mass is 10.3. The summed E-state index contributed by atoms with van der Waals surface area (Å²) in [6, 6.07) is 6.57. The second-order valence-corrected chi connectivity index (χ2v) is 6.27. The Morgan fingerprint density at radius 1 is 1.45 bits per heavy atom. The fraction of sp³-hybridized carbons (Fsp3) is 0.462. The third-order valence-electron chi connectivity index (χ3n) is 2.60. The smallest absolute Gasteiger partial charge is 0.304 e. The van der Waals surface area contributed by atoms with Crippen LogP contribution in [0.4, 0.5) is 5.69 Å². The molecule has 1 aromatic carbocycles. The first-order valence-corrected chi connectivity index (χ1v) is 7.96. The number of aliphatic carboxylic acids is 1. The molecule has 0 saturated carbocycles. The average molecular weight is 301 g/mol. The molecule has 0 bridgehead atoms. The number of benzene rings is 1. The van der Waals surface area contributed by atoms with Crippen molar-refractivity contribution in [2.24, 2.45) is 0 Å². The number of ether oxygens (including phenoxy) is 1. The highest BCUT2D eigenvalue weighted by atomic mass is 32.2. The first-order chi connectivity index (χ1) is 9.32. The van der Waals surface area contributed by atoms with E-state index in [-0.39, 0.29) is 6.10 Å². The van der Waals surface area contributed by atoms with Gasteiger partial charge in [-0.2, -0.15) is 0 Å². The molecule has 0 aliphatic heterocycles. The Balaban J connectivity index is 2.72. The Morgan fingerprint density at radius 3 is 2.75 bits per heavy atom. The molecule has 7 heteroatoms. The zero-order valence-electron chi connectivity index (χ0n) is 11.5. The molecule has 20 heavy (non-hydrogen) atoms. The Labute approximate surface area is 118 Å². The number of sulfonamides is 1. The molecule has 0 radical (unpaired) electrons. The molecular formula is C13H19NO5S. The van der Waals surface area contributed by atoms with Crippen molar-refractivity contribution in [1.29, 1.82) is 0 Å². The zero-order chi connectivity index (χ0) is 15.2. The van der Waals surface area contributed by atoms with Crippen LogP contribution in [-0.4, -0.2) is 31.4 Å². The highest BCUT2D eigenvalue weighted by Gasteiger charge is 2.13. The summed E-state index contributed by atoms with van der Waals surface area (Å²) in [5.74, 6) is -1.04. The van der Waals surface area contributed by atoms with Gasteiger partial charge in [-0.15, -0.1) is 0 Å². The predicted octanol–water partition coefficient (Wildman–Crippen LogP) is 2.08. The van der Waals surface area contributed by atoms with Crippen LogP contribution in [0.1, 0.15) is 26.7 Å². The minimum Gasteiger partial charge on any atom is -0.491 e. The molecule has 0 spiro atoms. The number of hydrogen-bond donors (Lipinski definition) is 2. The lowest BCUT2D eigenvalue weighted by molar-refractivity contribution is -0.136. The number of carbonyl (C=O) groups is 1. The van der Waals surface area contributed by atoms with E-state index in [1.54, 1.807) is 24.3 Å². The van der Waals surface area contributed by atoms with Crippen molar-refractivity contribution in [3.8, 4) is 5.75 Å². The first-order valence-electron chi connectivity index (χ1n) is 6.31. The Hall–Kier alpha value is -1.76. The Morgan fingerprint density at radius 2 is 2.15 bits per heavy atom. The predicted molar refractivity (Wildman–Crippen MR) is 76.5 cm³/mol. The summed E-state index contributed by atoms with van der Waals surface area (Å²) in [5, 5.41) is 8.50. The van der Waals surface area contributed by atoms with Crippen molar-refractivity contribution >= 4 is 21.7 Å². The summed E-state index contributed by atoms with van der Waals surface area (Å²) >= 11 is 0. The van der Waals surface area contributed by atoms with E-state index in [0.717, 1.165) is 6.42 Å². The van der Waals surface area contributed by atoms with Crippen molar-refractivity contribution in [3.63, 3.8) is 0 Å². The van der Waals surface area contributed by atoms with E-state index in [1.807, 2.05) is 13.8 Å². The number of rotatable bonds is 8. The molecule has 1 atom stereocenters. The van der Waals surface area contributed by atoms with Crippen molar-refractivity contribution in [2.45, 2.75) is 32.8 Å². The lowest BCUT2D eigenvalue weighted by Gasteiger charge is -2.14. The van der Waals surface area contributed by atoms with Gasteiger partial charge in [-0.25, -0.2) is 8.42 Å². The van der Waals surface area contributed by atoms with Gasteiger partial charge in [0.25, 0.3) is 0 Å². The molecule has 6 nitrogen and oxygen atoms in total. The second-order valence-electron chi connectivity index (χ2n) is 4.43. The van der Waals surface area contributed by atoms with Crippen LogP contribution in [0.5, 0.6) is 5.75 Å². The van der Waals surface area contributed by atoms with Crippen LogP contribution in [0, 0.1) is 0 Å². The van der Waals surface area contributed by atoms with Crippen LogP contribution in [0.2, 0.25) is 0 Å². The molecule has 0 aliphatic carbocycles. The summed E-state index contributed by atoms with van der Waals surface area (Å²) in [7, 11) is -3.67. The highest BCUT2D eigenvalue weighted by Crippen LogP contribution is 2.20. The maximum atomic E-state index is 11.7. The number of nitrogens with one attached hydrogen (secondary N) is 1. The van der Waals surface area contributed by atoms with Crippen LogP contribution in [-0.2, 0) is 14.8 Å². The van der Waals surface area contributed by atoms with Gasteiger partial charge in [-0.3, -0.25) is 9.52 Å². The van der Waals surface area contributed by atoms with E-state index >= 15 is 0 Å². The van der Waals surface area contributed by atoms with Gasteiger partial charge in [-0.1, -0.05) is 13.0 Å². The minimum atomic E-state index is -3.67. The van der Waals surface area contributed by atoms with Crippen LogP contribution in [0.15, 0.2) is 24.3 Å². The van der Waals surface area contributed by atoms with E-state index in [9.17, 15) is 13.2 Å². The van der Waals surface area contributed by atoms with Gasteiger partial charge in [0.05, 0.1) is 24.0 Å². The number of carboxylic acids is 1. The maximum absolute atomic E-state index is 11.7. The Bertz CT molecular complexity index is 556. The van der Waals surface area contributed by atoms with Crippen LogP contribution in [0.25, 0.3) is 0 Å². The molecule has 1 unspecified atom stereocenters. The second kappa shape index (κ2) is 7.14. The van der Waals surface area contributed by atoms with Crippen LogP contribution < -0.4 is 9.46 Å². The van der Waals surface area contributed by atoms with Gasteiger partial charge in [-0.05, 0) is 25.5 Å². The molecule has 0 heterocycles. The summed E-state index contributed by atoms with van der Waals surface area (Å²) in [6.45, 7) is 3.91. The SMILES string of the molecule is CCC(C)Oc1cccc(NS(=O)(=O)CCC(=O)O)c1. The Kier molecular flexibility index (Phi) is 5.82. The standard InChI is InChI=1S/C13H19NO5S/c1-3-10(2)19-12-6-4-5-11(9-12)14-20(17,18)8-7-13(15)16/h4-6,9-10,14H,3,7-8H2,1-2H3,(H,15,16). The molecule has 1 rings (SSSR count). The van der Waals surface area contributed by atoms with Crippen molar-refractivity contribution in [2.75, 3.05) is 10.5 Å². The van der Waals surface area contributed by atoms with Crippen molar-refractivity contribution < 1.29 is 23.1 Å². The molecule has 1 aromatic rings. The molecule has 0 amide bonds. The van der Waals surface area contributed by atoms with Crippen LogP contribution in [0.3, 0.4) is 0 Å². The number of carboxylic acid groups (broad SMARTS) is 1. The topological polar surface area (TPSA) is 92.7 Å². The van der Waals surface area contributed by atoms with Gasteiger partial charge in [0.2, 0.25) is 10.0 Å². The summed E-state index contributed by atoms with van der Waals surface area (Å²) in [5.41, 5.74) is 0.358. The highest BCUT2D eigenvalue weighted by molar-refractivity contribution is 7.92. The van der Waals surface area contributed by atoms with Crippen molar-refractivity contribution in [1.82, 2.24) is 0 Å². The average Bonchev–Trinajstić information content (AvgIpc) is 2.36. The molecular weight excluding hydrogens is 282 g/mol. The molecule has 0 saturated heterocycles. The van der Waals surface area contributed by atoms with E-state index < -0.39 is 28.2 Å². The number of anilines is 1. The van der Waals surface area contributed by atoms with Crippen LogP contribution >= 0.6 is 0 Å². The van der Waals surface area contributed by atoms with Gasteiger partial charge in [0.15, 0.2) is 0 Å². The minimum absolute atomic E-state index is 0.0360. The van der Waals surface area contributed by atoms with Gasteiger partial charge in [0, 0.05) is 6.07 Å². The van der Waals surface area contributed by atoms with E-state index in [4.69, 9.17) is 9.84 Å². The normalized spacial score (nSPS) is 12.7. The quantitative estimate of drug-likeness (QED) is 0.767. The molecule has 0 aromatic heterocycles. The van der Waals surface area contributed by atoms with E-state index in [0.29, 0.717) is 11.4 Å². The zero-order valence-corrected chi connectivity index (χ0v) is 12.3. The monoisotopic (exact) mass is 301 g/mol. The number of hydrogen-bond acceptors (Lipinski definition) is 4. The third kappa shape index (κ3) is 5.92. The molecule has 2 N–H and O–H groups in total. The molecule has 112 valence electrons. The van der Waals surface area contributed by atoms with Gasteiger partial charge in [0.1, 0.15) is 5.75 Å². The maximum Gasteiger partial charge on any atom is 0.304 e. The summed E-state index contributed by atoms with van der Waals surface area (Å²) < 4.78 is 31.3. The fourth-order valence-electron chi connectivity index (χ4n) is 1.40. The summed E-state index contributed by atoms with van der Waals surface area (Å²) in [6.07, 6.45) is 0.446. The van der Waals surface area contributed by atoms with Gasteiger partial charge >= 0.3 is 5.97 Å². The van der Waals surface area contributed by atoms with Gasteiger partial charge < -0.3 is 9.84 Å². The van der Waals surface area contributed by atoms with Crippen molar-refractivity contribution in [3.05, 3.63) is 24.3 Å². The van der Waals surface area contributed by atoms with E-state index in [1.165, 1.54) is 0 Å². The summed E-state index contributed by atoms with van der Waals surface area (Å²) in [4.78, 5) is 10.4. The third-order valence-corrected chi connectivity index (χ3v) is 3.89. The van der Waals surface area contributed by atoms with E-state index in [2.05, 4.69) is 4.72 Å². The first kappa shape index (κ1) is 16.3. The molecule has 0 fully saturated rings. The largest absolute Gasteiger partial charge is 0.491 e. The molecule has 0 aliphatic rings.